The van der Waals surface area contributed by atoms with Crippen LogP contribution in [0.5, 0.6) is 0 Å². The maximum absolute atomic E-state index is 13.4. The highest BCUT2D eigenvalue weighted by Crippen LogP contribution is 2.28. The van der Waals surface area contributed by atoms with Gasteiger partial charge in [0.25, 0.3) is 11.8 Å². The Morgan fingerprint density at radius 3 is 2.30 bits per heavy atom. The molecule has 1 saturated heterocycles. The van der Waals surface area contributed by atoms with E-state index in [4.69, 9.17) is 0 Å². The molecule has 4 rings (SSSR count). The molecule has 1 fully saturated rings. The third kappa shape index (κ3) is 7.22. The van der Waals surface area contributed by atoms with E-state index in [0.29, 0.717) is 16.8 Å². The maximum Gasteiger partial charge on any atom is 0.255 e. The number of carbonyl (C=O) groups is 2. The number of carbonyl (C=O) groups excluding carboxylic acids is 2. The average molecular weight is 498 g/mol. The van der Waals surface area contributed by atoms with Crippen LogP contribution in [0.4, 0.5) is 11.4 Å². The molecule has 37 heavy (non-hydrogen) atoms. The predicted molar refractivity (Wildman–Crippen MR) is 152 cm³/mol. The summed E-state index contributed by atoms with van der Waals surface area (Å²) in [4.78, 5) is 28.7. The smallest absolute Gasteiger partial charge is 0.255 e. The summed E-state index contributed by atoms with van der Waals surface area (Å²) in [6.07, 6.45) is 8.20. The number of aryl methyl sites for hydroxylation is 1. The zero-order chi connectivity index (χ0) is 26.0. The number of anilines is 2. The molecular formula is C32H39N3O2. The number of benzene rings is 3. The van der Waals surface area contributed by atoms with Gasteiger partial charge < -0.3 is 15.5 Å². The molecular weight excluding hydrogens is 458 g/mol. The number of nitrogens with zero attached hydrogens (tertiary/aromatic N) is 1. The highest BCUT2D eigenvalue weighted by Gasteiger charge is 2.22. The zero-order valence-electron chi connectivity index (χ0n) is 22.1. The van der Waals surface area contributed by atoms with E-state index in [9.17, 15) is 9.59 Å². The zero-order valence-corrected chi connectivity index (χ0v) is 22.1. The summed E-state index contributed by atoms with van der Waals surface area (Å²) < 4.78 is 0. The van der Waals surface area contributed by atoms with Gasteiger partial charge in [0.15, 0.2) is 0 Å². The van der Waals surface area contributed by atoms with Crippen LogP contribution in [0.2, 0.25) is 0 Å². The van der Waals surface area contributed by atoms with Crippen LogP contribution in [0.3, 0.4) is 0 Å². The highest BCUT2D eigenvalue weighted by atomic mass is 16.2. The maximum atomic E-state index is 13.4. The van der Waals surface area contributed by atoms with Gasteiger partial charge in [-0.2, -0.15) is 0 Å². The molecule has 0 aromatic heterocycles. The molecule has 0 radical (unpaired) electrons. The van der Waals surface area contributed by atoms with Gasteiger partial charge in [0.05, 0.1) is 11.6 Å². The highest BCUT2D eigenvalue weighted by molar-refractivity contribution is 6.06. The largest absolute Gasteiger partial charge is 0.371 e. The standard InChI is InChI=1S/C32H39N3O2/c1-3-4-5-7-12-25-15-17-27(18-16-25)31(36)34-28-19-20-30(35-21-10-11-22-35)29(23-28)32(37)33-24(2)26-13-8-6-9-14-26/h6,8-9,13-20,23-24H,3-5,7,10-12,21-22H2,1-2H3,(H,33,37)(H,34,36). The van der Waals surface area contributed by atoms with Crippen LogP contribution >= 0.6 is 0 Å². The van der Waals surface area contributed by atoms with Gasteiger partial charge >= 0.3 is 0 Å². The Morgan fingerprint density at radius 2 is 1.59 bits per heavy atom. The van der Waals surface area contributed by atoms with Crippen molar-refractivity contribution < 1.29 is 9.59 Å². The lowest BCUT2D eigenvalue weighted by molar-refractivity contribution is 0.0939. The summed E-state index contributed by atoms with van der Waals surface area (Å²) in [5.41, 5.74) is 5.05. The summed E-state index contributed by atoms with van der Waals surface area (Å²) in [7, 11) is 0. The summed E-state index contributed by atoms with van der Waals surface area (Å²) in [5.74, 6) is -0.308. The van der Waals surface area contributed by atoms with E-state index in [1.165, 1.54) is 31.2 Å². The number of rotatable bonds is 11. The molecule has 0 bridgehead atoms. The Bertz CT molecular complexity index is 1170. The van der Waals surface area contributed by atoms with Crippen molar-refractivity contribution in [1.29, 1.82) is 0 Å². The Morgan fingerprint density at radius 1 is 0.865 bits per heavy atom. The van der Waals surface area contributed by atoms with E-state index < -0.39 is 0 Å². The number of amides is 2. The average Bonchev–Trinajstić information content (AvgIpc) is 3.47. The predicted octanol–water partition coefficient (Wildman–Crippen LogP) is 7.15. The summed E-state index contributed by atoms with van der Waals surface area (Å²) in [6, 6.07) is 23.3. The van der Waals surface area contributed by atoms with Gasteiger partial charge in [-0.1, -0.05) is 68.7 Å². The summed E-state index contributed by atoms with van der Waals surface area (Å²) in [6.45, 7) is 6.08. The second kappa shape index (κ2) is 13.1. The van der Waals surface area contributed by atoms with E-state index in [1.807, 2.05) is 73.7 Å². The third-order valence-electron chi connectivity index (χ3n) is 7.13. The van der Waals surface area contributed by atoms with Crippen LogP contribution in [-0.4, -0.2) is 24.9 Å². The monoisotopic (exact) mass is 497 g/mol. The fourth-order valence-electron chi connectivity index (χ4n) is 4.91. The van der Waals surface area contributed by atoms with Crippen LogP contribution in [0, 0.1) is 0 Å². The van der Waals surface area contributed by atoms with Gasteiger partial charge in [-0.05, 0) is 74.1 Å². The molecule has 1 atom stereocenters. The number of hydrogen-bond donors (Lipinski definition) is 2. The number of hydrogen-bond acceptors (Lipinski definition) is 3. The van der Waals surface area contributed by atoms with Gasteiger partial charge in [-0.25, -0.2) is 0 Å². The van der Waals surface area contributed by atoms with Crippen LogP contribution in [0.1, 0.15) is 90.3 Å². The van der Waals surface area contributed by atoms with Gasteiger partial charge in [-0.15, -0.1) is 0 Å². The van der Waals surface area contributed by atoms with E-state index in [2.05, 4.69) is 22.5 Å². The van der Waals surface area contributed by atoms with Crippen molar-refractivity contribution in [3.8, 4) is 0 Å². The quantitative estimate of drug-likeness (QED) is 0.277. The van der Waals surface area contributed by atoms with Gasteiger partial charge in [-0.3, -0.25) is 9.59 Å². The van der Waals surface area contributed by atoms with Crippen molar-refractivity contribution in [1.82, 2.24) is 5.32 Å². The van der Waals surface area contributed by atoms with Crippen molar-refractivity contribution >= 4 is 23.2 Å². The van der Waals surface area contributed by atoms with Gasteiger partial charge in [0.1, 0.15) is 0 Å². The van der Waals surface area contributed by atoms with Crippen LogP contribution < -0.4 is 15.5 Å². The fraction of sp³-hybridized carbons (Fsp3) is 0.375. The third-order valence-corrected chi connectivity index (χ3v) is 7.13. The van der Waals surface area contributed by atoms with Crippen molar-refractivity contribution in [3.05, 3.63) is 95.1 Å². The minimum Gasteiger partial charge on any atom is -0.371 e. The number of unbranched alkanes of at least 4 members (excludes halogenated alkanes) is 3. The normalized spacial score (nSPS) is 13.8. The summed E-state index contributed by atoms with van der Waals surface area (Å²) in [5, 5.41) is 6.14. The van der Waals surface area contributed by atoms with Crippen molar-refractivity contribution in [2.75, 3.05) is 23.3 Å². The molecule has 3 aromatic rings. The Kier molecular flexibility index (Phi) is 9.36. The molecule has 2 N–H and O–H groups in total. The lowest BCUT2D eigenvalue weighted by Gasteiger charge is -2.23. The van der Waals surface area contributed by atoms with E-state index >= 15 is 0 Å². The molecule has 0 spiro atoms. The lowest BCUT2D eigenvalue weighted by Crippen LogP contribution is -2.29. The van der Waals surface area contributed by atoms with Crippen molar-refractivity contribution in [2.45, 2.75) is 64.8 Å². The molecule has 0 aliphatic carbocycles. The van der Waals surface area contributed by atoms with Crippen LogP contribution in [0.15, 0.2) is 72.8 Å². The van der Waals surface area contributed by atoms with E-state index in [-0.39, 0.29) is 17.9 Å². The lowest BCUT2D eigenvalue weighted by atomic mass is 10.0. The minimum absolute atomic E-state index is 0.126. The van der Waals surface area contributed by atoms with Crippen LogP contribution in [-0.2, 0) is 6.42 Å². The molecule has 1 unspecified atom stereocenters. The molecule has 1 aliphatic rings. The summed E-state index contributed by atoms with van der Waals surface area (Å²) >= 11 is 0. The van der Waals surface area contributed by atoms with E-state index in [0.717, 1.165) is 43.6 Å². The molecule has 5 nitrogen and oxygen atoms in total. The van der Waals surface area contributed by atoms with Crippen molar-refractivity contribution in [3.63, 3.8) is 0 Å². The minimum atomic E-state index is -0.171. The first-order chi connectivity index (χ1) is 18.0. The Labute approximate surface area is 221 Å². The van der Waals surface area contributed by atoms with Crippen molar-refractivity contribution in [2.24, 2.45) is 0 Å². The van der Waals surface area contributed by atoms with Gasteiger partial charge in [0.2, 0.25) is 0 Å². The topological polar surface area (TPSA) is 61.4 Å². The Balaban J connectivity index is 1.47. The SMILES string of the molecule is CCCCCCc1ccc(C(=O)Nc2ccc(N3CCCC3)c(C(=O)NC(C)c3ccccc3)c2)cc1. The van der Waals surface area contributed by atoms with Gasteiger partial charge in [0, 0.05) is 30.0 Å². The molecule has 194 valence electrons. The second-order valence-corrected chi connectivity index (χ2v) is 9.99. The van der Waals surface area contributed by atoms with E-state index in [1.54, 1.807) is 6.07 Å². The first-order valence-corrected chi connectivity index (χ1v) is 13.7. The Hall–Kier alpha value is -3.60. The van der Waals surface area contributed by atoms with Crippen LogP contribution in [0.25, 0.3) is 0 Å². The molecule has 1 heterocycles. The fourth-order valence-corrected chi connectivity index (χ4v) is 4.91. The second-order valence-electron chi connectivity index (χ2n) is 9.99. The molecule has 2 amide bonds. The molecule has 3 aromatic carbocycles. The number of nitrogens with one attached hydrogen (secondary N) is 2. The first kappa shape index (κ1) is 26.5. The molecule has 0 saturated carbocycles. The first-order valence-electron chi connectivity index (χ1n) is 13.7. The molecule has 5 heteroatoms. The molecule has 1 aliphatic heterocycles.